The predicted molar refractivity (Wildman–Crippen MR) is 106 cm³/mol. The smallest absolute Gasteiger partial charge is 0.254 e. The van der Waals surface area contributed by atoms with Gasteiger partial charge < -0.3 is 4.90 Å². The summed E-state index contributed by atoms with van der Waals surface area (Å²) in [5.41, 5.74) is 1.88. The van der Waals surface area contributed by atoms with Gasteiger partial charge in [0.2, 0.25) is 10.0 Å². The Kier molecular flexibility index (Phi) is 6.15. The zero-order chi connectivity index (χ0) is 20.3. The first kappa shape index (κ1) is 20.5. The van der Waals surface area contributed by atoms with Crippen molar-refractivity contribution >= 4 is 15.9 Å². The summed E-state index contributed by atoms with van der Waals surface area (Å²) >= 11 is 0. The second-order valence-electron chi connectivity index (χ2n) is 7.23. The van der Waals surface area contributed by atoms with Gasteiger partial charge in [-0.05, 0) is 55.2 Å². The Morgan fingerprint density at radius 1 is 1.07 bits per heavy atom. The zero-order valence-corrected chi connectivity index (χ0v) is 17.0. The van der Waals surface area contributed by atoms with Crippen LogP contribution in [-0.4, -0.2) is 43.7 Å². The lowest BCUT2D eigenvalue weighted by Gasteiger charge is -2.26. The number of carbonyl (C=O) groups excluding carboxylic acids is 1. The van der Waals surface area contributed by atoms with Crippen molar-refractivity contribution in [3.05, 3.63) is 65.0 Å². The van der Waals surface area contributed by atoms with E-state index in [1.165, 1.54) is 27.4 Å². The van der Waals surface area contributed by atoms with E-state index in [1.807, 2.05) is 0 Å². The van der Waals surface area contributed by atoms with E-state index >= 15 is 0 Å². The number of carbonyl (C=O) groups is 1. The molecule has 1 saturated heterocycles. The van der Waals surface area contributed by atoms with Crippen molar-refractivity contribution in [3.63, 3.8) is 0 Å². The third-order valence-electron chi connectivity index (χ3n) is 5.07. The highest BCUT2D eigenvalue weighted by Gasteiger charge is 2.27. The first-order valence-corrected chi connectivity index (χ1v) is 10.8. The molecule has 0 aromatic heterocycles. The van der Waals surface area contributed by atoms with Gasteiger partial charge in [-0.25, -0.2) is 12.8 Å². The van der Waals surface area contributed by atoms with E-state index in [1.54, 1.807) is 38.2 Å². The Hall–Kier alpha value is -2.25. The Morgan fingerprint density at radius 2 is 1.71 bits per heavy atom. The van der Waals surface area contributed by atoms with Crippen LogP contribution in [0.25, 0.3) is 0 Å². The summed E-state index contributed by atoms with van der Waals surface area (Å²) in [6.07, 6.45) is 2.76. The lowest BCUT2D eigenvalue weighted by atomic mass is 10.1. The molecule has 0 aliphatic carbocycles. The van der Waals surface area contributed by atoms with Gasteiger partial charge in [-0.15, -0.1) is 0 Å². The van der Waals surface area contributed by atoms with Gasteiger partial charge in [0.05, 0.1) is 4.90 Å². The summed E-state index contributed by atoms with van der Waals surface area (Å²) in [5, 5.41) is 0. The lowest BCUT2D eigenvalue weighted by molar-refractivity contribution is 0.0784. The highest BCUT2D eigenvalue weighted by atomic mass is 32.2. The van der Waals surface area contributed by atoms with Crippen LogP contribution in [0, 0.1) is 12.7 Å². The van der Waals surface area contributed by atoms with Crippen LogP contribution in [0.2, 0.25) is 0 Å². The number of hydrogen-bond donors (Lipinski definition) is 0. The SMILES string of the molecule is Cc1ccc(S(=O)(=O)N2CCCCC2)cc1C(=O)N(C)Cc1ccc(F)cc1. The van der Waals surface area contributed by atoms with E-state index in [0.29, 0.717) is 30.8 Å². The molecular weight excluding hydrogens is 379 g/mol. The van der Waals surface area contributed by atoms with E-state index in [-0.39, 0.29) is 16.6 Å². The second kappa shape index (κ2) is 8.41. The molecule has 0 spiro atoms. The molecule has 5 nitrogen and oxygen atoms in total. The summed E-state index contributed by atoms with van der Waals surface area (Å²) in [6.45, 7) is 3.13. The van der Waals surface area contributed by atoms with E-state index in [4.69, 9.17) is 0 Å². The van der Waals surface area contributed by atoms with Gasteiger partial charge in [-0.2, -0.15) is 4.31 Å². The molecule has 0 bridgehead atoms. The zero-order valence-electron chi connectivity index (χ0n) is 16.2. The van der Waals surface area contributed by atoms with Gasteiger partial charge in [-0.3, -0.25) is 4.79 Å². The van der Waals surface area contributed by atoms with Gasteiger partial charge in [0, 0.05) is 32.2 Å². The monoisotopic (exact) mass is 404 g/mol. The number of nitrogens with zero attached hydrogens (tertiary/aromatic N) is 2. The molecule has 2 aromatic carbocycles. The molecule has 1 aliphatic heterocycles. The minimum absolute atomic E-state index is 0.151. The van der Waals surface area contributed by atoms with Gasteiger partial charge >= 0.3 is 0 Å². The van der Waals surface area contributed by atoms with Crippen molar-refractivity contribution in [1.29, 1.82) is 0 Å². The van der Waals surface area contributed by atoms with Crippen molar-refractivity contribution in [2.24, 2.45) is 0 Å². The van der Waals surface area contributed by atoms with Crippen LogP contribution in [0.1, 0.15) is 40.7 Å². The molecule has 28 heavy (non-hydrogen) atoms. The fourth-order valence-corrected chi connectivity index (χ4v) is 4.93. The number of amides is 1. The van der Waals surface area contributed by atoms with Crippen LogP contribution in [0.5, 0.6) is 0 Å². The standard InChI is InChI=1S/C21H25FN2O3S/c1-16-6-11-19(28(26,27)24-12-4-3-5-13-24)14-20(16)21(25)23(2)15-17-7-9-18(22)10-8-17/h6-11,14H,3-5,12-13,15H2,1-2H3. The van der Waals surface area contributed by atoms with Crippen molar-refractivity contribution in [1.82, 2.24) is 9.21 Å². The Balaban J connectivity index is 1.84. The van der Waals surface area contributed by atoms with E-state index in [9.17, 15) is 17.6 Å². The molecule has 3 rings (SSSR count). The van der Waals surface area contributed by atoms with Gasteiger partial charge in [0.15, 0.2) is 0 Å². The largest absolute Gasteiger partial charge is 0.337 e. The molecule has 0 unspecified atom stereocenters. The average molecular weight is 405 g/mol. The van der Waals surface area contributed by atoms with Crippen LogP contribution in [-0.2, 0) is 16.6 Å². The number of halogens is 1. The third-order valence-corrected chi connectivity index (χ3v) is 6.97. The molecule has 7 heteroatoms. The van der Waals surface area contributed by atoms with Crippen molar-refractivity contribution in [3.8, 4) is 0 Å². The first-order valence-electron chi connectivity index (χ1n) is 9.40. The lowest BCUT2D eigenvalue weighted by Crippen LogP contribution is -2.35. The molecule has 150 valence electrons. The van der Waals surface area contributed by atoms with Gasteiger partial charge in [0.1, 0.15) is 5.82 Å². The van der Waals surface area contributed by atoms with E-state index in [2.05, 4.69) is 0 Å². The topological polar surface area (TPSA) is 57.7 Å². The quantitative estimate of drug-likeness (QED) is 0.765. The molecule has 0 N–H and O–H groups in total. The van der Waals surface area contributed by atoms with Crippen molar-refractivity contribution in [2.75, 3.05) is 20.1 Å². The number of piperidine rings is 1. The Labute approximate surface area is 165 Å². The maximum absolute atomic E-state index is 13.1. The highest BCUT2D eigenvalue weighted by Crippen LogP contribution is 2.23. The maximum Gasteiger partial charge on any atom is 0.254 e. The molecule has 1 heterocycles. The molecule has 0 atom stereocenters. The second-order valence-corrected chi connectivity index (χ2v) is 9.17. The van der Waals surface area contributed by atoms with Crippen LogP contribution in [0.4, 0.5) is 4.39 Å². The van der Waals surface area contributed by atoms with Gasteiger partial charge in [0.25, 0.3) is 5.91 Å². The molecule has 1 fully saturated rings. The third kappa shape index (κ3) is 4.42. The minimum Gasteiger partial charge on any atom is -0.337 e. The average Bonchev–Trinajstić information content (AvgIpc) is 2.70. The normalized spacial score (nSPS) is 15.4. The fourth-order valence-electron chi connectivity index (χ4n) is 3.39. The Morgan fingerprint density at radius 3 is 2.36 bits per heavy atom. The van der Waals surface area contributed by atoms with Gasteiger partial charge in [-0.1, -0.05) is 24.6 Å². The van der Waals surface area contributed by atoms with E-state index < -0.39 is 10.0 Å². The predicted octanol–water partition coefficient (Wildman–Crippen LogP) is 3.58. The first-order chi connectivity index (χ1) is 13.3. The molecule has 0 saturated carbocycles. The van der Waals surface area contributed by atoms with Crippen LogP contribution in [0.3, 0.4) is 0 Å². The summed E-state index contributed by atoms with van der Waals surface area (Å²) in [5.74, 6) is -0.596. The number of sulfonamides is 1. The number of hydrogen-bond acceptors (Lipinski definition) is 3. The van der Waals surface area contributed by atoms with Crippen LogP contribution < -0.4 is 0 Å². The molecule has 1 aliphatic rings. The fraction of sp³-hybridized carbons (Fsp3) is 0.381. The highest BCUT2D eigenvalue weighted by molar-refractivity contribution is 7.89. The van der Waals surface area contributed by atoms with E-state index in [0.717, 1.165) is 24.8 Å². The summed E-state index contributed by atoms with van der Waals surface area (Å²) < 4.78 is 40.4. The Bertz CT molecular complexity index is 952. The minimum atomic E-state index is -3.60. The summed E-state index contributed by atoms with van der Waals surface area (Å²) in [6, 6.07) is 10.7. The molecule has 1 amide bonds. The summed E-state index contributed by atoms with van der Waals surface area (Å²) in [4.78, 5) is 14.6. The number of aryl methyl sites for hydroxylation is 1. The molecular formula is C21H25FN2O3S. The van der Waals surface area contributed by atoms with Crippen LogP contribution in [0.15, 0.2) is 47.4 Å². The summed E-state index contributed by atoms with van der Waals surface area (Å²) in [7, 11) is -1.95. The van der Waals surface area contributed by atoms with Crippen molar-refractivity contribution in [2.45, 2.75) is 37.6 Å². The maximum atomic E-state index is 13.1. The molecule has 2 aromatic rings. The number of benzene rings is 2. The number of rotatable bonds is 5. The van der Waals surface area contributed by atoms with Crippen molar-refractivity contribution < 1.29 is 17.6 Å². The van der Waals surface area contributed by atoms with Crippen LogP contribution >= 0.6 is 0 Å². The molecule has 0 radical (unpaired) electrons.